The number of aliphatic hydroxyl groups excluding tert-OH is 1. The molecule has 78 valence electrons. The van der Waals surface area contributed by atoms with Crippen molar-refractivity contribution in [2.24, 2.45) is 4.99 Å². The Hall–Kier alpha value is -1.36. The molecule has 1 N–H and O–H groups in total. The largest absolute Gasteiger partial charge is 0.460 e. The predicted molar refractivity (Wildman–Crippen MR) is 52.1 cm³/mol. The number of hydrogen-bond acceptors (Lipinski definition) is 5. The van der Waals surface area contributed by atoms with Gasteiger partial charge < -0.3 is 14.7 Å². The predicted octanol–water partition coefficient (Wildman–Crippen LogP) is -0.578. The lowest BCUT2D eigenvalue weighted by Crippen LogP contribution is -2.26. The summed E-state index contributed by atoms with van der Waals surface area (Å²) in [5, 5.41) is 8.44. The summed E-state index contributed by atoms with van der Waals surface area (Å²) in [5.74, 6) is -0.459. The summed E-state index contributed by atoms with van der Waals surface area (Å²) in [6, 6.07) is 0. The molecule has 0 aromatic rings. The average Bonchev–Trinajstić information content (AvgIpc) is 2.66. The van der Waals surface area contributed by atoms with E-state index in [9.17, 15) is 4.79 Å². The molecule has 0 aliphatic carbocycles. The van der Waals surface area contributed by atoms with Crippen LogP contribution in [0, 0.1) is 0 Å². The zero-order valence-electron chi connectivity index (χ0n) is 7.98. The number of hydrogen-bond donors (Lipinski definition) is 1. The minimum atomic E-state index is -0.459. The van der Waals surface area contributed by atoms with Gasteiger partial charge in [-0.2, -0.15) is 0 Å². The lowest BCUT2D eigenvalue weighted by Gasteiger charge is -2.14. The summed E-state index contributed by atoms with van der Waals surface area (Å²) in [5.41, 5.74) is 0.381. The fraction of sp³-hybridized carbons (Fsp3) is 0.556. The molecule has 1 aliphatic heterocycles. The van der Waals surface area contributed by atoms with Crippen molar-refractivity contribution in [2.45, 2.75) is 0 Å². The topological polar surface area (TPSA) is 62.1 Å². The smallest absolute Gasteiger partial charge is 0.335 e. The SMILES string of the molecule is C=C(CN1C=NCC1)C(=O)OCCO. The summed E-state index contributed by atoms with van der Waals surface area (Å²) < 4.78 is 4.70. The molecular formula is C9H14N2O3. The molecule has 0 saturated heterocycles. The van der Waals surface area contributed by atoms with Crippen LogP contribution in [0.5, 0.6) is 0 Å². The van der Waals surface area contributed by atoms with E-state index in [4.69, 9.17) is 9.84 Å². The number of aliphatic hydroxyl groups is 1. The molecule has 0 saturated carbocycles. The number of rotatable bonds is 5. The standard InChI is InChI=1S/C9H14N2O3/c1-8(9(13)14-5-4-12)6-11-3-2-10-7-11/h7,12H,1-6H2. The third-order valence-corrected chi connectivity index (χ3v) is 1.77. The van der Waals surface area contributed by atoms with Crippen molar-refractivity contribution in [3.8, 4) is 0 Å². The minimum Gasteiger partial charge on any atom is -0.460 e. The number of ether oxygens (including phenoxy) is 1. The van der Waals surface area contributed by atoms with Crippen LogP contribution in [0.25, 0.3) is 0 Å². The van der Waals surface area contributed by atoms with E-state index in [1.165, 1.54) is 0 Å². The number of nitrogens with zero attached hydrogens (tertiary/aromatic N) is 2. The number of esters is 1. The molecule has 14 heavy (non-hydrogen) atoms. The second-order valence-corrected chi connectivity index (χ2v) is 2.96. The summed E-state index contributed by atoms with van der Waals surface area (Å²) in [7, 11) is 0. The van der Waals surface area contributed by atoms with Crippen molar-refractivity contribution in [2.75, 3.05) is 32.8 Å². The van der Waals surface area contributed by atoms with Crippen LogP contribution in [0.4, 0.5) is 0 Å². The normalized spacial score (nSPS) is 14.5. The van der Waals surface area contributed by atoms with E-state index in [-0.39, 0.29) is 13.2 Å². The van der Waals surface area contributed by atoms with Crippen LogP contribution in [-0.4, -0.2) is 55.2 Å². The Bertz CT molecular complexity index is 250. The highest BCUT2D eigenvalue weighted by Gasteiger charge is 2.13. The lowest BCUT2D eigenvalue weighted by atomic mass is 10.3. The highest BCUT2D eigenvalue weighted by molar-refractivity contribution is 5.88. The molecule has 0 fully saturated rings. The molecule has 0 radical (unpaired) electrons. The first-order chi connectivity index (χ1) is 6.74. The van der Waals surface area contributed by atoms with Gasteiger partial charge in [0.2, 0.25) is 0 Å². The molecule has 0 atom stereocenters. The van der Waals surface area contributed by atoms with Crippen molar-refractivity contribution in [3.63, 3.8) is 0 Å². The Balaban J connectivity index is 2.26. The molecule has 1 aliphatic rings. The van der Waals surface area contributed by atoms with Crippen molar-refractivity contribution >= 4 is 12.3 Å². The van der Waals surface area contributed by atoms with Gasteiger partial charge >= 0.3 is 5.97 Å². The quantitative estimate of drug-likeness (QED) is 0.474. The second-order valence-electron chi connectivity index (χ2n) is 2.96. The van der Waals surface area contributed by atoms with E-state index in [0.717, 1.165) is 13.1 Å². The van der Waals surface area contributed by atoms with Gasteiger partial charge in [-0.1, -0.05) is 6.58 Å². The molecule has 0 spiro atoms. The van der Waals surface area contributed by atoms with Gasteiger partial charge in [-0.05, 0) is 0 Å². The summed E-state index contributed by atoms with van der Waals surface area (Å²) >= 11 is 0. The van der Waals surface area contributed by atoms with Crippen LogP contribution in [0.15, 0.2) is 17.1 Å². The van der Waals surface area contributed by atoms with E-state index < -0.39 is 5.97 Å². The molecule has 0 bridgehead atoms. The third-order valence-electron chi connectivity index (χ3n) is 1.77. The van der Waals surface area contributed by atoms with Crippen molar-refractivity contribution < 1.29 is 14.6 Å². The van der Waals surface area contributed by atoms with E-state index in [2.05, 4.69) is 11.6 Å². The van der Waals surface area contributed by atoms with Crippen molar-refractivity contribution in [3.05, 3.63) is 12.2 Å². The van der Waals surface area contributed by atoms with Gasteiger partial charge in [0, 0.05) is 12.1 Å². The summed E-state index contributed by atoms with van der Waals surface area (Å²) in [4.78, 5) is 17.1. The first-order valence-electron chi connectivity index (χ1n) is 4.44. The van der Waals surface area contributed by atoms with E-state index in [0.29, 0.717) is 12.1 Å². The van der Waals surface area contributed by atoms with Gasteiger partial charge in [-0.3, -0.25) is 4.99 Å². The maximum absolute atomic E-state index is 11.2. The Labute approximate surface area is 82.7 Å². The first kappa shape index (κ1) is 10.7. The van der Waals surface area contributed by atoms with Crippen molar-refractivity contribution in [1.29, 1.82) is 0 Å². The van der Waals surface area contributed by atoms with Gasteiger partial charge in [0.25, 0.3) is 0 Å². The van der Waals surface area contributed by atoms with Crippen LogP contribution < -0.4 is 0 Å². The monoisotopic (exact) mass is 198 g/mol. The van der Waals surface area contributed by atoms with Gasteiger partial charge in [0.1, 0.15) is 6.61 Å². The van der Waals surface area contributed by atoms with Crippen molar-refractivity contribution in [1.82, 2.24) is 4.90 Å². The maximum Gasteiger partial charge on any atom is 0.335 e. The van der Waals surface area contributed by atoms with Gasteiger partial charge in [-0.25, -0.2) is 4.79 Å². The molecule has 0 aromatic heterocycles. The molecule has 1 heterocycles. The van der Waals surface area contributed by atoms with Crippen LogP contribution in [0.1, 0.15) is 0 Å². The van der Waals surface area contributed by atoms with E-state index >= 15 is 0 Å². The zero-order valence-corrected chi connectivity index (χ0v) is 7.98. The Morgan fingerprint density at radius 2 is 2.50 bits per heavy atom. The van der Waals surface area contributed by atoms with Crippen LogP contribution in [0.2, 0.25) is 0 Å². The number of aliphatic imine (C=N–C) groups is 1. The van der Waals surface area contributed by atoms with Gasteiger partial charge in [0.15, 0.2) is 0 Å². The Morgan fingerprint density at radius 1 is 1.71 bits per heavy atom. The summed E-state index contributed by atoms with van der Waals surface area (Å²) in [6.07, 6.45) is 1.70. The van der Waals surface area contributed by atoms with Crippen LogP contribution in [0.3, 0.4) is 0 Å². The van der Waals surface area contributed by atoms with Crippen LogP contribution >= 0.6 is 0 Å². The maximum atomic E-state index is 11.2. The molecule has 1 rings (SSSR count). The van der Waals surface area contributed by atoms with E-state index in [1.807, 2.05) is 4.90 Å². The van der Waals surface area contributed by atoms with Gasteiger partial charge in [0.05, 0.1) is 26.0 Å². The molecule has 5 nitrogen and oxygen atoms in total. The fourth-order valence-electron chi connectivity index (χ4n) is 1.09. The third kappa shape index (κ3) is 3.18. The first-order valence-corrected chi connectivity index (χ1v) is 4.44. The number of carbonyl (C=O) groups excluding carboxylic acids is 1. The lowest BCUT2D eigenvalue weighted by molar-refractivity contribution is -0.140. The minimum absolute atomic E-state index is 0.0198. The Kier molecular flexibility index (Phi) is 4.12. The second kappa shape index (κ2) is 5.39. The number of carbonyl (C=O) groups is 1. The molecule has 5 heteroatoms. The molecular weight excluding hydrogens is 184 g/mol. The average molecular weight is 198 g/mol. The van der Waals surface area contributed by atoms with E-state index in [1.54, 1.807) is 6.34 Å². The zero-order chi connectivity index (χ0) is 10.4. The molecule has 0 amide bonds. The fourth-order valence-corrected chi connectivity index (χ4v) is 1.09. The summed E-state index contributed by atoms with van der Waals surface area (Å²) in [6.45, 7) is 5.48. The Morgan fingerprint density at radius 3 is 3.07 bits per heavy atom. The highest BCUT2D eigenvalue weighted by atomic mass is 16.5. The highest BCUT2D eigenvalue weighted by Crippen LogP contribution is 2.01. The molecule has 0 unspecified atom stereocenters. The van der Waals surface area contributed by atoms with Crippen LogP contribution in [-0.2, 0) is 9.53 Å². The van der Waals surface area contributed by atoms with Gasteiger partial charge in [-0.15, -0.1) is 0 Å². The molecule has 0 aromatic carbocycles.